The molecule has 0 aliphatic rings. The molecule has 0 heterocycles. The molecule has 0 unspecified atom stereocenters. The molecule has 0 bridgehead atoms. The van der Waals surface area contributed by atoms with E-state index < -0.39 is 53.0 Å². The van der Waals surface area contributed by atoms with E-state index in [1.807, 2.05) is 0 Å². The number of aliphatic hydroxyl groups excluding tert-OH is 3. The van der Waals surface area contributed by atoms with Crippen LogP contribution < -0.4 is 0 Å². The quantitative estimate of drug-likeness (QED) is 0.164. The molecule has 0 aliphatic carbocycles. The number of rotatable bonds is 9. The number of carbonyl (C=O) groups is 1. The van der Waals surface area contributed by atoms with E-state index in [0.717, 1.165) is 0 Å². The fraction of sp³-hybridized carbons (Fsp3) is 0.833. The molecule has 0 saturated heterocycles. The summed E-state index contributed by atoms with van der Waals surface area (Å²) in [5, 5.41) is 27.7. The van der Waals surface area contributed by atoms with Gasteiger partial charge in [-0.3, -0.25) is 13.8 Å². The molecule has 7 N–H and O–H groups in total. The Morgan fingerprint density at radius 2 is 1.40 bits per heavy atom. The van der Waals surface area contributed by atoms with Gasteiger partial charge in [0.2, 0.25) is 0 Å². The minimum absolute atomic E-state index is 1.09. The highest BCUT2D eigenvalue weighted by molar-refractivity contribution is 7.46. The van der Waals surface area contributed by atoms with Crippen molar-refractivity contribution in [2.45, 2.75) is 18.3 Å². The van der Waals surface area contributed by atoms with E-state index in [2.05, 4.69) is 9.05 Å². The van der Waals surface area contributed by atoms with Crippen molar-refractivity contribution in [1.29, 1.82) is 0 Å². The normalized spacial score (nSPS) is 17.6. The van der Waals surface area contributed by atoms with Crippen molar-refractivity contribution in [3.63, 3.8) is 0 Å². The predicted molar refractivity (Wildman–Crippen MR) is 59.0 cm³/mol. The van der Waals surface area contributed by atoms with Crippen LogP contribution in [0.1, 0.15) is 0 Å². The molecule has 0 rings (SSSR count). The van der Waals surface area contributed by atoms with Crippen molar-refractivity contribution in [3.8, 4) is 0 Å². The molecule has 0 aromatic heterocycles. The molecule has 0 aromatic carbocycles. The Bertz CT molecular complexity index is 410. The molecule has 0 saturated carbocycles. The summed E-state index contributed by atoms with van der Waals surface area (Å²) in [5.41, 5.74) is 0. The monoisotopic (exact) mass is 341 g/mol. The van der Waals surface area contributed by atoms with Gasteiger partial charge in [-0.1, -0.05) is 0 Å². The summed E-state index contributed by atoms with van der Waals surface area (Å²) in [5.74, 6) is -1.36. The van der Waals surface area contributed by atoms with Crippen molar-refractivity contribution in [1.82, 2.24) is 0 Å². The zero-order valence-corrected chi connectivity index (χ0v) is 11.5. The summed E-state index contributed by atoms with van der Waals surface area (Å²) in [7, 11) is -9.87. The van der Waals surface area contributed by atoms with Crippen molar-refractivity contribution in [2.24, 2.45) is 0 Å². The first-order valence-electron chi connectivity index (χ1n) is 4.80. The largest absolute Gasteiger partial charge is 0.470 e. The summed E-state index contributed by atoms with van der Waals surface area (Å²) >= 11 is 0. The van der Waals surface area contributed by atoms with E-state index >= 15 is 0 Å². The summed E-state index contributed by atoms with van der Waals surface area (Å²) in [6.07, 6.45) is -6.53. The molecule has 0 fully saturated rings. The van der Waals surface area contributed by atoms with E-state index in [9.17, 15) is 29.2 Å². The second-order valence-electron chi connectivity index (χ2n) is 3.52. The Morgan fingerprint density at radius 3 is 1.80 bits per heavy atom. The van der Waals surface area contributed by atoms with E-state index in [1.54, 1.807) is 0 Å². The Morgan fingerprint density at radius 1 is 0.950 bits per heavy atom. The zero-order valence-electron chi connectivity index (χ0n) is 9.71. The topological polar surface area (TPSA) is 211 Å². The van der Waals surface area contributed by atoms with Crippen LogP contribution in [0.2, 0.25) is 0 Å². The lowest BCUT2D eigenvalue weighted by molar-refractivity contribution is -0.142. The lowest BCUT2D eigenvalue weighted by Crippen LogP contribution is -2.45. The number of carbonyl (C=O) groups excluding carboxylic acids is 1. The number of hydrogen-bond acceptors (Lipinski definition) is 8. The Kier molecular flexibility index (Phi) is 7.60. The highest BCUT2D eigenvalue weighted by atomic mass is 31.2. The molecule has 0 amide bonds. The van der Waals surface area contributed by atoms with Gasteiger partial charge in [-0.2, -0.15) is 0 Å². The number of phosphoric ester groups is 2. The third-order valence-electron chi connectivity index (χ3n) is 1.84. The number of hydrogen-bond donors (Lipinski definition) is 7. The van der Waals surface area contributed by atoms with E-state index in [-0.39, 0.29) is 0 Å². The molecule has 120 valence electrons. The molecular formula is C6H14O12P2. The SMILES string of the molecule is O=C([13CH2]OP(=O)(O)O)[C@@H](O)[C@H](O)[C@H](O)COP(=O)(O)O. The van der Waals surface area contributed by atoms with E-state index in [0.29, 0.717) is 0 Å². The summed E-state index contributed by atoms with van der Waals surface area (Å²) in [4.78, 5) is 44.4. The van der Waals surface area contributed by atoms with Crippen LogP contribution in [0.5, 0.6) is 0 Å². The van der Waals surface area contributed by atoms with Crippen LogP contribution >= 0.6 is 15.6 Å². The van der Waals surface area contributed by atoms with Gasteiger partial charge in [-0.25, -0.2) is 9.13 Å². The van der Waals surface area contributed by atoms with Gasteiger partial charge in [-0.15, -0.1) is 0 Å². The average molecular weight is 341 g/mol. The van der Waals surface area contributed by atoms with Crippen LogP contribution in [0.3, 0.4) is 0 Å². The summed E-state index contributed by atoms with van der Waals surface area (Å²) < 4.78 is 28.2. The molecule has 0 spiro atoms. The van der Waals surface area contributed by atoms with Crippen LogP contribution in [-0.4, -0.2) is 72.2 Å². The van der Waals surface area contributed by atoms with Crippen molar-refractivity contribution < 1.29 is 57.9 Å². The first kappa shape index (κ1) is 19.8. The van der Waals surface area contributed by atoms with Gasteiger partial charge in [0.1, 0.15) is 24.9 Å². The fourth-order valence-corrected chi connectivity index (χ4v) is 1.55. The molecule has 12 nitrogen and oxygen atoms in total. The van der Waals surface area contributed by atoms with Gasteiger partial charge in [0, 0.05) is 0 Å². The van der Waals surface area contributed by atoms with Crippen LogP contribution in [0.15, 0.2) is 0 Å². The molecule has 0 radical (unpaired) electrons. The Balaban J connectivity index is 4.38. The molecule has 0 aromatic rings. The highest BCUT2D eigenvalue weighted by Crippen LogP contribution is 2.36. The number of aliphatic hydroxyl groups is 3. The van der Waals surface area contributed by atoms with Gasteiger partial charge in [-0.05, 0) is 0 Å². The van der Waals surface area contributed by atoms with Gasteiger partial charge >= 0.3 is 15.6 Å². The maximum Gasteiger partial charge on any atom is 0.470 e. The lowest BCUT2D eigenvalue weighted by Gasteiger charge is -2.22. The van der Waals surface area contributed by atoms with Crippen molar-refractivity contribution >= 4 is 21.4 Å². The smallest absolute Gasteiger partial charge is 0.388 e. The van der Waals surface area contributed by atoms with Gasteiger partial charge in [0.15, 0.2) is 5.78 Å². The maximum atomic E-state index is 11.2. The van der Waals surface area contributed by atoms with Crippen molar-refractivity contribution in [2.75, 3.05) is 13.2 Å². The van der Waals surface area contributed by atoms with Gasteiger partial charge < -0.3 is 34.9 Å². The fourth-order valence-electron chi connectivity index (χ4n) is 0.906. The standard InChI is InChI=1S/C6H14O12P2/c7-3(1-17-19(11,12)13)5(9)6(10)4(8)2-18-20(14,15)16/h3,5-7,9-10H,1-2H2,(H2,11,12,13)(H2,14,15,16)/t3-,5-,6-/m1/s1/i2+1. The third-order valence-corrected chi connectivity index (χ3v) is 2.79. The first-order chi connectivity index (χ1) is 8.83. The van der Waals surface area contributed by atoms with Gasteiger partial charge in [0.05, 0.1) is 6.61 Å². The average Bonchev–Trinajstić information content (AvgIpc) is 2.29. The van der Waals surface area contributed by atoms with Crippen LogP contribution in [0.25, 0.3) is 0 Å². The molecule has 0 aliphatic heterocycles. The number of Topliss-reactive ketones (excluding diaryl/α,β-unsaturated/α-hetero) is 1. The van der Waals surface area contributed by atoms with E-state index in [4.69, 9.17) is 19.6 Å². The second kappa shape index (κ2) is 7.69. The Labute approximate surface area is 112 Å². The number of phosphoric acid groups is 2. The highest BCUT2D eigenvalue weighted by Gasteiger charge is 2.32. The number of ketones is 1. The minimum Gasteiger partial charge on any atom is -0.388 e. The predicted octanol–water partition coefficient (Wildman–Crippen LogP) is -3.14. The lowest BCUT2D eigenvalue weighted by atomic mass is 10.1. The van der Waals surface area contributed by atoms with Crippen molar-refractivity contribution in [3.05, 3.63) is 0 Å². The second-order valence-corrected chi connectivity index (χ2v) is 6.00. The van der Waals surface area contributed by atoms with Crippen LogP contribution in [-0.2, 0) is 23.0 Å². The molecule has 14 heteroatoms. The van der Waals surface area contributed by atoms with Gasteiger partial charge in [0.25, 0.3) is 0 Å². The molecule has 20 heavy (non-hydrogen) atoms. The zero-order chi connectivity index (χ0) is 16.1. The third kappa shape index (κ3) is 8.84. The maximum absolute atomic E-state index is 11.2. The van der Waals surface area contributed by atoms with E-state index in [1.165, 1.54) is 0 Å². The molecular weight excluding hydrogens is 327 g/mol. The first-order valence-corrected chi connectivity index (χ1v) is 7.86. The minimum atomic E-state index is -4.95. The summed E-state index contributed by atoms with van der Waals surface area (Å²) in [6.45, 7) is -2.33. The van der Waals surface area contributed by atoms with Crippen LogP contribution in [0, 0.1) is 0 Å². The Hall–Kier alpha value is -0.230. The molecule has 3 atom stereocenters. The summed E-state index contributed by atoms with van der Waals surface area (Å²) in [6, 6.07) is 0. The van der Waals surface area contributed by atoms with Crippen LogP contribution in [0.4, 0.5) is 0 Å².